The predicted molar refractivity (Wildman–Crippen MR) is 50.0 cm³/mol. The first-order chi connectivity index (χ1) is 6.20. The van der Waals surface area contributed by atoms with Crippen LogP contribution in [0.25, 0.3) is 0 Å². The van der Waals surface area contributed by atoms with E-state index in [9.17, 15) is 4.79 Å². The molecule has 4 heteroatoms. The van der Waals surface area contributed by atoms with Gasteiger partial charge in [0, 0.05) is 6.20 Å². The van der Waals surface area contributed by atoms with E-state index in [2.05, 4.69) is 13.5 Å². The highest BCUT2D eigenvalue weighted by Crippen LogP contribution is 1.97. The zero-order chi connectivity index (χ0) is 10.1. The number of hydroxylamine groups is 2. The Labute approximate surface area is 78.8 Å². The molecule has 0 aromatic rings. The van der Waals surface area contributed by atoms with Gasteiger partial charge in [-0.3, -0.25) is 14.7 Å². The number of aliphatic carboxylic acids is 1. The van der Waals surface area contributed by atoms with Crippen molar-refractivity contribution in [1.82, 2.24) is 5.06 Å². The fourth-order valence-corrected chi connectivity index (χ4v) is 0.830. The number of hydrogen-bond donors (Lipinski definition) is 1. The minimum Gasteiger partial charge on any atom is -0.480 e. The maximum atomic E-state index is 10.3. The van der Waals surface area contributed by atoms with Gasteiger partial charge < -0.3 is 5.11 Å². The average Bonchev–Trinajstić information content (AvgIpc) is 2.09. The molecule has 1 N–H and O–H groups in total. The van der Waals surface area contributed by atoms with Crippen molar-refractivity contribution < 1.29 is 14.7 Å². The zero-order valence-corrected chi connectivity index (χ0v) is 8.03. The maximum absolute atomic E-state index is 10.3. The van der Waals surface area contributed by atoms with Crippen LogP contribution in [0.5, 0.6) is 0 Å². The van der Waals surface area contributed by atoms with E-state index in [1.165, 1.54) is 11.3 Å². The Balaban J connectivity index is 3.48. The number of carboxylic acids is 1. The molecule has 0 atom stereocenters. The fraction of sp³-hybridized carbons (Fsp3) is 0.667. The van der Waals surface area contributed by atoms with Gasteiger partial charge in [-0.25, -0.2) is 0 Å². The van der Waals surface area contributed by atoms with Gasteiger partial charge in [-0.2, -0.15) is 0 Å². The normalized spacial score (nSPS) is 9.62. The highest BCUT2D eigenvalue weighted by molar-refractivity contribution is 5.69. The number of hydrogen-bond acceptors (Lipinski definition) is 3. The van der Waals surface area contributed by atoms with Crippen molar-refractivity contribution in [3.05, 3.63) is 12.8 Å². The summed E-state index contributed by atoms with van der Waals surface area (Å²) in [5.41, 5.74) is 0. The van der Waals surface area contributed by atoms with Crippen molar-refractivity contribution in [1.29, 1.82) is 0 Å². The van der Waals surface area contributed by atoms with Crippen molar-refractivity contribution in [2.45, 2.75) is 26.2 Å². The highest BCUT2D eigenvalue weighted by atomic mass is 16.7. The highest BCUT2D eigenvalue weighted by Gasteiger charge is 2.03. The summed E-state index contributed by atoms with van der Waals surface area (Å²) in [7, 11) is 0. The number of rotatable bonds is 8. The van der Waals surface area contributed by atoms with E-state index in [0.717, 1.165) is 19.3 Å². The molecule has 13 heavy (non-hydrogen) atoms. The number of nitrogens with zero attached hydrogens (tertiary/aromatic N) is 1. The SMILES string of the molecule is C=CN(CC(=O)O)OCCCCC. The molecule has 0 aliphatic carbocycles. The van der Waals surface area contributed by atoms with Crippen LogP contribution in [0.2, 0.25) is 0 Å². The Morgan fingerprint density at radius 3 is 2.77 bits per heavy atom. The largest absolute Gasteiger partial charge is 0.480 e. The Morgan fingerprint density at radius 2 is 2.31 bits per heavy atom. The lowest BCUT2D eigenvalue weighted by Gasteiger charge is -2.16. The fourth-order valence-electron chi connectivity index (χ4n) is 0.830. The van der Waals surface area contributed by atoms with Gasteiger partial charge in [0.05, 0.1) is 6.61 Å². The van der Waals surface area contributed by atoms with Crippen LogP contribution in [-0.2, 0) is 9.63 Å². The third kappa shape index (κ3) is 7.33. The lowest BCUT2D eigenvalue weighted by atomic mass is 10.3. The third-order valence-corrected chi connectivity index (χ3v) is 1.50. The first-order valence-corrected chi connectivity index (χ1v) is 4.44. The molecule has 0 saturated heterocycles. The predicted octanol–water partition coefficient (Wildman–Crippen LogP) is 1.64. The van der Waals surface area contributed by atoms with Gasteiger partial charge in [0.1, 0.15) is 6.54 Å². The van der Waals surface area contributed by atoms with E-state index >= 15 is 0 Å². The second-order valence-electron chi connectivity index (χ2n) is 2.69. The Hall–Kier alpha value is -1.03. The topological polar surface area (TPSA) is 49.8 Å². The van der Waals surface area contributed by atoms with Gasteiger partial charge >= 0.3 is 5.97 Å². The first-order valence-electron chi connectivity index (χ1n) is 4.44. The van der Waals surface area contributed by atoms with Gasteiger partial charge in [0.15, 0.2) is 0 Å². The number of carboxylic acid groups (broad SMARTS) is 1. The van der Waals surface area contributed by atoms with Crippen molar-refractivity contribution in [3.8, 4) is 0 Å². The van der Waals surface area contributed by atoms with Crippen LogP contribution < -0.4 is 0 Å². The van der Waals surface area contributed by atoms with E-state index < -0.39 is 5.97 Å². The molecule has 0 aliphatic rings. The third-order valence-electron chi connectivity index (χ3n) is 1.50. The Morgan fingerprint density at radius 1 is 1.62 bits per heavy atom. The molecule has 0 radical (unpaired) electrons. The van der Waals surface area contributed by atoms with Crippen LogP contribution in [0.15, 0.2) is 12.8 Å². The molecule has 0 aromatic heterocycles. The molecule has 0 rings (SSSR count). The summed E-state index contributed by atoms with van der Waals surface area (Å²) in [5, 5.41) is 9.68. The summed E-state index contributed by atoms with van der Waals surface area (Å²) < 4.78 is 0. The molecular weight excluding hydrogens is 170 g/mol. The summed E-state index contributed by atoms with van der Waals surface area (Å²) >= 11 is 0. The second-order valence-corrected chi connectivity index (χ2v) is 2.69. The van der Waals surface area contributed by atoms with Crippen LogP contribution in [0, 0.1) is 0 Å². The van der Waals surface area contributed by atoms with Crippen LogP contribution in [-0.4, -0.2) is 29.3 Å². The summed E-state index contributed by atoms with van der Waals surface area (Å²) in [6.45, 7) is 5.94. The molecule has 0 amide bonds. The summed E-state index contributed by atoms with van der Waals surface area (Å²) in [5.74, 6) is -0.921. The molecule has 0 heterocycles. The Kier molecular flexibility index (Phi) is 7.01. The van der Waals surface area contributed by atoms with Crippen LogP contribution in [0.1, 0.15) is 26.2 Å². The van der Waals surface area contributed by atoms with Crippen molar-refractivity contribution >= 4 is 5.97 Å². The van der Waals surface area contributed by atoms with Gasteiger partial charge in [-0.05, 0) is 6.42 Å². The lowest BCUT2D eigenvalue weighted by molar-refractivity contribution is -0.158. The molecule has 0 saturated carbocycles. The van der Waals surface area contributed by atoms with Crippen LogP contribution in [0.4, 0.5) is 0 Å². The first kappa shape index (κ1) is 12.0. The molecule has 76 valence electrons. The van der Waals surface area contributed by atoms with Gasteiger partial charge in [-0.15, -0.1) is 0 Å². The zero-order valence-electron chi connectivity index (χ0n) is 8.03. The monoisotopic (exact) mass is 187 g/mol. The second kappa shape index (κ2) is 7.61. The molecule has 0 unspecified atom stereocenters. The van der Waals surface area contributed by atoms with Crippen LogP contribution in [0.3, 0.4) is 0 Å². The molecule has 0 aliphatic heterocycles. The summed E-state index contributed by atoms with van der Waals surface area (Å²) in [6, 6.07) is 0. The van der Waals surface area contributed by atoms with E-state index in [1.807, 2.05) is 0 Å². The minimum atomic E-state index is -0.921. The summed E-state index contributed by atoms with van der Waals surface area (Å²) in [6.07, 6.45) is 4.54. The maximum Gasteiger partial charge on any atom is 0.325 e. The van der Waals surface area contributed by atoms with E-state index in [0.29, 0.717) is 6.61 Å². The standard InChI is InChI=1S/C9H17NO3/c1-3-5-6-7-13-10(4-2)8-9(11)12/h4H,2-3,5-8H2,1H3,(H,11,12). The number of carbonyl (C=O) groups is 1. The van der Waals surface area contributed by atoms with Gasteiger partial charge in [0.2, 0.25) is 0 Å². The smallest absolute Gasteiger partial charge is 0.325 e. The molecular formula is C9H17NO3. The van der Waals surface area contributed by atoms with E-state index in [-0.39, 0.29) is 6.54 Å². The van der Waals surface area contributed by atoms with E-state index in [4.69, 9.17) is 9.94 Å². The van der Waals surface area contributed by atoms with Gasteiger partial charge in [0.25, 0.3) is 0 Å². The van der Waals surface area contributed by atoms with Crippen molar-refractivity contribution in [2.24, 2.45) is 0 Å². The lowest BCUT2D eigenvalue weighted by Crippen LogP contribution is -2.25. The molecule has 4 nitrogen and oxygen atoms in total. The van der Waals surface area contributed by atoms with Gasteiger partial charge in [-0.1, -0.05) is 26.3 Å². The molecule has 0 spiro atoms. The average molecular weight is 187 g/mol. The number of unbranched alkanes of at least 4 members (excludes halogenated alkanes) is 2. The van der Waals surface area contributed by atoms with Crippen molar-refractivity contribution in [2.75, 3.05) is 13.2 Å². The van der Waals surface area contributed by atoms with Crippen molar-refractivity contribution in [3.63, 3.8) is 0 Å². The molecule has 0 aromatic carbocycles. The summed E-state index contributed by atoms with van der Waals surface area (Å²) in [4.78, 5) is 15.4. The van der Waals surface area contributed by atoms with Crippen LogP contribution >= 0.6 is 0 Å². The van der Waals surface area contributed by atoms with E-state index in [1.54, 1.807) is 0 Å². The minimum absolute atomic E-state index is 0.157. The Bertz CT molecular complexity index is 159. The molecule has 0 bridgehead atoms. The molecule has 0 fully saturated rings. The quantitative estimate of drug-likeness (QED) is 0.463.